The van der Waals surface area contributed by atoms with Gasteiger partial charge >= 0.3 is 0 Å². The molecule has 3 heteroatoms. The van der Waals surface area contributed by atoms with E-state index in [0.29, 0.717) is 0 Å². The van der Waals surface area contributed by atoms with E-state index in [0.717, 1.165) is 5.82 Å². The number of aliphatic hydroxyl groups is 1. The Morgan fingerprint density at radius 1 is 1.88 bits per heavy atom. The molecule has 1 heterocycles. The minimum atomic E-state index is 0.0197. The maximum Gasteiger partial charge on any atom is 0.120 e. The molecule has 0 radical (unpaired) electrons. The molecule has 1 aromatic heterocycles. The molecule has 1 rings (SSSR count). The van der Waals surface area contributed by atoms with Gasteiger partial charge in [-0.25, -0.2) is 4.98 Å². The van der Waals surface area contributed by atoms with Gasteiger partial charge in [-0.15, -0.1) is 0 Å². The first-order chi connectivity index (χ1) is 3.84. The Kier molecular flexibility index (Phi) is 1.30. The van der Waals surface area contributed by atoms with E-state index in [1.807, 2.05) is 6.92 Å². The van der Waals surface area contributed by atoms with Gasteiger partial charge in [0.2, 0.25) is 0 Å². The lowest BCUT2D eigenvalue weighted by molar-refractivity contribution is 0.207. The second-order valence-corrected chi connectivity index (χ2v) is 1.59. The van der Waals surface area contributed by atoms with Gasteiger partial charge in [0.05, 0.1) is 0 Å². The van der Waals surface area contributed by atoms with Gasteiger partial charge in [-0.1, -0.05) is 0 Å². The fourth-order valence-corrected chi connectivity index (χ4v) is 0.553. The van der Waals surface area contributed by atoms with Crippen LogP contribution in [-0.4, -0.2) is 14.7 Å². The molecule has 0 aliphatic heterocycles. The van der Waals surface area contributed by atoms with E-state index >= 15 is 0 Å². The van der Waals surface area contributed by atoms with E-state index in [1.165, 1.54) is 0 Å². The van der Waals surface area contributed by atoms with Crippen LogP contribution in [0.2, 0.25) is 0 Å². The SMILES string of the molecule is Cc1nccn1CO. The molecule has 44 valence electrons. The fraction of sp³-hybridized carbons (Fsp3) is 0.400. The Bertz CT molecular complexity index is 171. The van der Waals surface area contributed by atoms with Crippen LogP contribution < -0.4 is 0 Å². The third kappa shape index (κ3) is 0.721. The summed E-state index contributed by atoms with van der Waals surface area (Å²) in [5.41, 5.74) is 0. The third-order valence-electron chi connectivity index (χ3n) is 1.08. The average Bonchev–Trinajstić information content (AvgIpc) is 2.14. The lowest BCUT2D eigenvalue weighted by Gasteiger charge is -1.94. The van der Waals surface area contributed by atoms with E-state index in [1.54, 1.807) is 17.0 Å². The molecule has 0 saturated heterocycles. The van der Waals surface area contributed by atoms with Crippen molar-refractivity contribution in [3.05, 3.63) is 18.2 Å². The lowest BCUT2D eigenvalue weighted by Crippen LogP contribution is -1.96. The number of hydrogen-bond acceptors (Lipinski definition) is 2. The Morgan fingerprint density at radius 2 is 2.62 bits per heavy atom. The maximum absolute atomic E-state index is 8.53. The number of hydrogen-bond donors (Lipinski definition) is 1. The predicted octanol–water partition coefficient (Wildman–Crippen LogP) is 0.141. The number of nitrogens with zero attached hydrogens (tertiary/aromatic N) is 2. The van der Waals surface area contributed by atoms with Crippen LogP contribution in [0.25, 0.3) is 0 Å². The highest BCUT2D eigenvalue weighted by Gasteiger charge is 1.89. The van der Waals surface area contributed by atoms with Crippen molar-refractivity contribution in [1.29, 1.82) is 0 Å². The molecule has 0 saturated carbocycles. The topological polar surface area (TPSA) is 38.0 Å². The fourth-order valence-electron chi connectivity index (χ4n) is 0.553. The number of imidazole rings is 1. The number of aryl methyl sites for hydroxylation is 1. The number of aromatic nitrogens is 2. The monoisotopic (exact) mass is 112 g/mol. The van der Waals surface area contributed by atoms with Crippen LogP contribution in [0, 0.1) is 6.92 Å². The summed E-state index contributed by atoms with van der Waals surface area (Å²) in [6.07, 6.45) is 3.39. The Hall–Kier alpha value is -0.830. The van der Waals surface area contributed by atoms with Gasteiger partial charge in [0.25, 0.3) is 0 Å². The molecule has 0 spiro atoms. The summed E-state index contributed by atoms with van der Waals surface area (Å²) in [4.78, 5) is 3.89. The predicted molar refractivity (Wildman–Crippen MR) is 29.2 cm³/mol. The highest BCUT2D eigenvalue weighted by atomic mass is 16.3. The van der Waals surface area contributed by atoms with Gasteiger partial charge in [0.1, 0.15) is 12.6 Å². The summed E-state index contributed by atoms with van der Waals surface area (Å²) in [7, 11) is 0. The van der Waals surface area contributed by atoms with Crippen LogP contribution in [0.3, 0.4) is 0 Å². The van der Waals surface area contributed by atoms with Gasteiger partial charge in [-0.3, -0.25) is 0 Å². The van der Waals surface area contributed by atoms with Crippen LogP contribution in [-0.2, 0) is 6.73 Å². The van der Waals surface area contributed by atoms with E-state index in [2.05, 4.69) is 4.98 Å². The van der Waals surface area contributed by atoms with Crippen molar-refractivity contribution in [1.82, 2.24) is 9.55 Å². The molecular weight excluding hydrogens is 104 g/mol. The molecule has 3 nitrogen and oxygen atoms in total. The van der Waals surface area contributed by atoms with Gasteiger partial charge in [0.15, 0.2) is 0 Å². The van der Waals surface area contributed by atoms with E-state index in [-0.39, 0.29) is 6.73 Å². The summed E-state index contributed by atoms with van der Waals surface area (Å²) in [6, 6.07) is 0. The molecular formula is C5H8N2O. The zero-order chi connectivity index (χ0) is 5.98. The number of rotatable bonds is 1. The zero-order valence-corrected chi connectivity index (χ0v) is 4.70. The van der Waals surface area contributed by atoms with Crippen molar-refractivity contribution >= 4 is 0 Å². The van der Waals surface area contributed by atoms with Crippen molar-refractivity contribution in [2.24, 2.45) is 0 Å². The Morgan fingerprint density at radius 3 is 2.88 bits per heavy atom. The quantitative estimate of drug-likeness (QED) is 0.561. The van der Waals surface area contributed by atoms with Crippen molar-refractivity contribution in [2.75, 3.05) is 0 Å². The first-order valence-corrected chi connectivity index (χ1v) is 2.43. The summed E-state index contributed by atoms with van der Waals surface area (Å²) in [5, 5.41) is 8.53. The van der Waals surface area contributed by atoms with Crippen LogP contribution in [0.1, 0.15) is 5.82 Å². The zero-order valence-electron chi connectivity index (χ0n) is 4.70. The van der Waals surface area contributed by atoms with Crippen molar-refractivity contribution < 1.29 is 5.11 Å². The summed E-state index contributed by atoms with van der Waals surface area (Å²) < 4.78 is 1.65. The van der Waals surface area contributed by atoms with Crippen molar-refractivity contribution in [3.63, 3.8) is 0 Å². The van der Waals surface area contributed by atoms with E-state index < -0.39 is 0 Å². The van der Waals surface area contributed by atoms with Crippen LogP contribution in [0.4, 0.5) is 0 Å². The normalized spacial score (nSPS) is 9.75. The van der Waals surface area contributed by atoms with Gasteiger partial charge in [0, 0.05) is 12.4 Å². The largest absolute Gasteiger partial charge is 0.376 e. The Labute approximate surface area is 47.6 Å². The first-order valence-electron chi connectivity index (χ1n) is 2.43. The van der Waals surface area contributed by atoms with Crippen molar-refractivity contribution in [3.8, 4) is 0 Å². The molecule has 0 unspecified atom stereocenters. The standard InChI is InChI=1S/C5H8N2O/c1-5-6-2-3-7(5)4-8/h2-3,8H,4H2,1H3. The highest BCUT2D eigenvalue weighted by Crippen LogP contribution is 1.90. The molecule has 0 fully saturated rings. The summed E-state index contributed by atoms with van der Waals surface area (Å²) in [6.45, 7) is 1.86. The molecule has 0 aliphatic rings. The first kappa shape index (κ1) is 5.31. The average molecular weight is 112 g/mol. The van der Waals surface area contributed by atoms with Gasteiger partial charge in [-0.2, -0.15) is 0 Å². The van der Waals surface area contributed by atoms with Crippen molar-refractivity contribution in [2.45, 2.75) is 13.7 Å². The minimum Gasteiger partial charge on any atom is -0.376 e. The second kappa shape index (κ2) is 1.96. The molecule has 0 aliphatic carbocycles. The summed E-state index contributed by atoms with van der Waals surface area (Å²) in [5.74, 6) is 0.840. The molecule has 0 atom stereocenters. The van der Waals surface area contributed by atoms with Crippen LogP contribution >= 0.6 is 0 Å². The molecule has 0 bridgehead atoms. The van der Waals surface area contributed by atoms with E-state index in [4.69, 9.17) is 5.11 Å². The molecule has 0 amide bonds. The van der Waals surface area contributed by atoms with E-state index in [9.17, 15) is 0 Å². The smallest absolute Gasteiger partial charge is 0.120 e. The maximum atomic E-state index is 8.53. The summed E-state index contributed by atoms with van der Waals surface area (Å²) >= 11 is 0. The molecule has 1 N–H and O–H groups in total. The van der Waals surface area contributed by atoms with Gasteiger partial charge in [-0.05, 0) is 6.92 Å². The van der Waals surface area contributed by atoms with Gasteiger partial charge < -0.3 is 9.67 Å². The minimum absolute atomic E-state index is 0.0197. The highest BCUT2D eigenvalue weighted by molar-refractivity contribution is 4.86. The van der Waals surface area contributed by atoms with Crippen LogP contribution in [0.15, 0.2) is 12.4 Å². The molecule has 1 aromatic rings. The number of aliphatic hydroxyl groups excluding tert-OH is 1. The van der Waals surface area contributed by atoms with Crippen LogP contribution in [0.5, 0.6) is 0 Å². The second-order valence-electron chi connectivity index (χ2n) is 1.59. The third-order valence-corrected chi connectivity index (χ3v) is 1.08. The molecule has 0 aromatic carbocycles. The lowest BCUT2D eigenvalue weighted by atomic mass is 10.7. The molecule has 8 heavy (non-hydrogen) atoms. The Balaban J connectivity index is 2.92.